The largest absolute Gasteiger partial charge is 0.379 e. The van der Waals surface area contributed by atoms with Crippen LogP contribution < -0.4 is 5.32 Å². The number of ether oxygens (including phenoxy) is 1. The fourth-order valence-corrected chi connectivity index (χ4v) is 3.68. The van der Waals surface area contributed by atoms with E-state index in [0.29, 0.717) is 12.6 Å². The predicted molar refractivity (Wildman–Crippen MR) is 111 cm³/mol. The molecule has 2 fully saturated rings. The molecule has 0 amide bonds. The first kappa shape index (κ1) is 19.3. The third-order valence-corrected chi connectivity index (χ3v) is 5.03. The number of morpholine rings is 1. The van der Waals surface area contributed by atoms with Gasteiger partial charge < -0.3 is 15.0 Å². The summed E-state index contributed by atoms with van der Waals surface area (Å²) in [6, 6.07) is 6.51. The minimum Gasteiger partial charge on any atom is -0.379 e. The van der Waals surface area contributed by atoms with E-state index in [1.807, 2.05) is 35.8 Å². The van der Waals surface area contributed by atoms with Crippen molar-refractivity contribution >= 4 is 35.6 Å². The molecular formula is C17H26IN7O. The van der Waals surface area contributed by atoms with Gasteiger partial charge in [0, 0.05) is 45.5 Å². The van der Waals surface area contributed by atoms with Crippen molar-refractivity contribution in [3.8, 4) is 0 Å². The van der Waals surface area contributed by atoms with E-state index in [0.717, 1.165) is 56.8 Å². The molecule has 2 aromatic heterocycles. The van der Waals surface area contributed by atoms with Crippen molar-refractivity contribution in [2.75, 3.05) is 46.4 Å². The summed E-state index contributed by atoms with van der Waals surface area (Å²) in [4.78, 5) is 9.34. The van der Waals surface area contributed by atoms with Gasteiger partial charge in [0.1, 0.15) is 0 Å². The molecule has 4 heterocycles. The van der Waals surface area contributed by atoms with Crippen molar-refractivity contribution in [2.45, 2.75) is 19.0 Å². The Hall–Kier alpha value is -1.46. The van der Waals surface area contributed by atoms with Crippen LogP contribution in [0.25, 0.3) is 5.65 Å². The summed E-state index contributed by atoms with van der Waals surface area (Å²) >= 11 is 0. The average Bonchev–Trinajstić information content (AvgIpc) is 3.31. The van der Waals surface area contributed by atoms with Gasteiger partial charge in [0.05, 0.1) is 19.8 Å². The first-order chi connectivity index (χ1) is 12.3. The Morgan fingerprint density at radius 1 is 1.27 bits per heavy atom. The predicted octanol–water partition coefficient (Wildman–Crippen LogP) is 0.829. The molecule has 4 rings (SSSR count). The van der Waals surface area contributed by atoms with E-state index >= 15 is 0 Å². The first-order valence-corrected chi connectivity index (χ1v) is 8.91. The number of pyridine rings is 1. The Bertz CT molecular complexity index is 744. The van der Waals surface area contributed by atoms with Gasteiger partial charge >= 0.3 is 0 Å². The van der Waals surface area contributed by atoms with E-state index in [1.54, 1.807) is 0 Å². The molecule has 2 aliphatic heterocycles. The van der Waals surface area contributed by atoms with E-state index in [9.17, 15) is 0 Å². The van der Waals surface area contributed by atoms with E-state index in [4.69, 9.17) is 4.74 Å². The van der Waals surface area contributed by atoms with E-state index in [1.165, 1.54) is 6.42 Å². The third-order valence-electron chi connectivity index (χ3n) is 5.03. The van der Waals surface area contributed by atoms with Crippen LogP contribution in [0.1, 0.15) is 12.2 Å². The number of nitrogens with zero attached hydrogens (tertiary/aromatic N) is 6. The molecule has 2 saturated heterocycles. The van der Waals surface area contributed by atoms with Gasteiger partial charge in [-0.1, -0.05) is 6.07 Å². The van der Waals surface area contributed by atoms with Crippen molar-refractivity contribution in [3.05, 3.63) is 30.2 Å². The molecule has 26 heavy (non-hydrogen) atoms. The monoisotopic (exact) mass is 471 g/mol. The maximum absolute atomic E-state index is 5.46. The fourth-order valence-electron chi connectivity index (χ4n) is 3.68. The number of fused-ring (bicyclic) bond motifs is 1. The lowest BCUT2D eigenvalue weighted by Crippen LogP contribution is -2.46. The van der Waals surface area contributed by atoms with Crippen LogP contribution in [-0.2, 0) is 11.3 Å². The van der Waals surface area contributed by atoms with Gasteiger partial charge in [0.2, 0.25) is 0 Å². The van der Waals surface area contributed by atoms with Crippen LogP contribution in [0.4, 0.5) is 0 Å². The summed E-state index contributed by atoms with van der Waals surface area (Å²) in [5.74, 6) is 1.82. The molecule has 2 aromatic rings. The molecule has 0 bridgehead atoms. The van der Waals surface area contributed by atoms with Gasteiger partial charge in [-0.15, -0.1) is 34.2 Å². The van der Waals surface area contributed by atoms with Crippen LogP contribution in [0.15, 0.2) is 29.4 Å². The highest BCUT2D eigenvalue weighted by Crippen LogP contribution is 2.17. The number of hydrogen-bond donors (Lipinski definition) is 1. The number of rotatable bonds is 3. The van der Waals surface area contributed by atoms with Gasteiger partial charge in [-0.3, -0.25) is 14.3 Å². The second-order valence-electron chi connectivity index (χ2n) is 6.48. The molecular weight excluding hydrogens is 445 g/mol. The minimum absolute atomic E-state index is 0. The van der Waals surface area contributed by atoms with Gasteiger partial charge in [-0.25, -0.2) is 0 Å². The molecule has 142 valence electrons. The SMILES string of the molecule is CN=C(NCc1nnc2ccccn12)N1CCC(N2CCOCC2)C1.I. The van der Waals surface area contributed by atoms with Crippen molar-refractivity contribution in [3.63, 3.8) is 0 Å². The number of nitrogens with one attached hydrogen (secondary N) is 1. The molecule has 9 heteroatoms. The second-order valence-corrected chi connectivity index (χ2v) is 6.48. The van der Waals surface area contributed by atoms with Gasteiger partial charge in [-0.2, -0.15) is 0 Å². The van der Waals surface area contributed by atoms with Gasteiger partial charge in [-0.05, 0) is 18.6 Å². The molecule has 8 nitrogen and oxygen atoms in total. The lowest BCUT2D eigenvalue weighted by molar-refractivity contribution is 0.0195. The van der Waals surface area contributed by atoms with E-state index in [2.05, 4.69) is 30.3 Å². The van der Waals surface area contributed by atoms with Crippen molar-refractivity contribution < 1.29 is 4.74 Å². The molecule has 0 spiro atoms. The maximum atomic E-state index is 5.46. The fraction of sp³-hybridized carbons (Fsp3) is 0.588. The van der Waals surface area contributed by atoms with E-state index < -0.39 is 0 Å². The van der Waals surface area contributed by atoms with Crippen molar-refractivity contribution in [1.29, 1.82) is 0 Å². The third kappa shape index (κ3) is 4.09. The van der Waals surface area contributed by atoms with Crippen molar-refractivity contribution in [1.82, 2.24) is 29.7 Å². The average molecular weight is 471 g/mol. The summed E-state index contributed by atoms with van der Waals surface area (Å²) in [5.41, 5.74) is 0.864. The Kier molecular flexibility index (Phi) is 6.65. The highest BCUT2D eigenvalue weighted by atomic mass is 127. The standard InChI is InChI=1S/C17H25N7O.HI/c1-18-17(19-12-16-21-20-15-4-2-3-6-24(15)16)23-7-5-14(13-23)22-8-10-25-11-9-22;/h2-4,6,14H,5,7-13H2,1H3,(H,18,19);1H. The number of hydrogen-bond acceptors (Lipinski definition) is 5. The summed E-state index contributed by atoms with van der Waals surface area (Å²) in [6.07, 6.45) is 3.16. The number of likely N-dealkylation sites (tertiary alicyclic amines) is 1. The lowest BCUT2D eigenvalue weighted by atomic mass is 10.2. The van der Waals surface area contributed by atoms with Crippen LogP contribution in [0.5, 0.6) is 0 Å². The van der Waals surface area contributed by atoms with Gasteiger partial charge in [0.15, 0.2) is 17.4 Å². The molecule has 0 aromatic carbocycles. The Balaban J connectivity index is 0.00000196. The van der Waals surface area contributed by atoms with Gasteiger partial charge in [0.25, 0.3) is 0 Å². The second kappa shape index (κ2) is 8.96. The number of guanidine groups is 1. The molecule has 0 radical (unpaired) electrons. The summed E-state index contributed by atoms with van der Waals surface area (Å²) in [6.45, 7) is 6.43. The van der Waals surface area contributed by atoms with Crippen LogP contribution in [0.2, 0.25) is 0 Å². The Labute approximate surface area is 170 Å². The quantitative estimate of drug-likeness (QED) is 0.407. The normalized spacial score (nSPS) is 21.8. The molecule has 2 aliphatic rings. The molecule has 0 saturated carbocycles. The minimum atomic E-state index is 0. The van der Waals surface area contributed by atoms with E-state index in [-0.39, 0.29) is 24.0 Å². The smallest absolute Gasteiger partial charge is 0.194 e. The van der Waals surface area contributed by atoms with Crippen LogP contribution in [0.3, 0.4) is 0 Å². The lowest BCUT2D eigenvalue weighted by Gasteiger charge is -2.32. The topological polar surface area (TPSA) is 70.3 Å². The highest BCUT2D eigenvalue weighted by molar-refractivity contribution is 14.0. The number of aliphatic imine (C=N–C) groups is 1. The summed E-state index contributed by atoms with van der Waals surface area (Å²) < 4.78 is 7.46. The van der Waals surface area contributed by atoms with Crippen LogP contribution in [-0.4, -0.2) is 82.8 Å². The number of halogens is 1. The first-order valence-electron chi connectivity index (χ1n) is 8.91. The number of aromatic nitrogens is 3. The van der Waals surface area contributed by atoms with Crippen LogP contribution in [0, 0.1) is 0 Å². The molecule has 0 aliphatic carbocycles. The Morgan fingerprint density at radius 3 is 2.92 bits per heavy atom. The zero-order valence-electron chi connectivity index (χ0n) is 15.0. The molecule has 1 atom stereocenters. The molecule has 1 N–H and O–H groups in total. The Morgan fingerprint density at radius 2 is 2.12 bits per heavy atom. The van der Waals surface area contributed by atoms with Crippen LogP contribution >= 0.6 is 24.0 Å². The molecule has 1 unspecified atom stereocenters. The van der Waals surface area contributed by atoms with Crippen molar-refractivity contribution in [2.24, 2.45) is 4.99 Å². The zero-order chi connectivity index (χ0) is 17.1. The summed E-state index contributed by atoms with van der Waals surface area (Å²) in [7, 11) is 1.84. The highest BCUT2D eigenvalue weighted by Gasteiger charge is 2.30. The summed E-state index contributed by atoms with van der Waals surface area (Å²) in [5, 5.41) is 11.9. The zero-order valence-corrected chi connectivity index (χ0v) is 17.4. The maximum Gasteiger partial charge on any atom is 0.194 e.